The highest BCUT2D eigenvalue weighted by Gasteiger charge is 2.20. The van der Waals surface area contributed by atoms with E-state index in [4.69, 9.17) is 9.47 Å². The summed E-state index contributed by atoms with van der Waals surface area (Å²) in [5.41, 5.74) is 1.97. The van der Waals surface area contributed by atoms with E-state index >= 15 is 0 Å². The lowest BCUT2D eigenvalue weighted by molar-refractivity contribution is -0.113. The Kier molecular flexibility index (Phi) is 7.94. The van der Waals surface area contributed by atoms with Crippen LogP contribution in [0.15, 0.2) is 53.7 Å². The molecule has 0 radical (unpaired) electrons. The fraction of sp³-hybridized carbons (Fsp3) is 0.348. The highest BCUT2D eigenvalue weighted by molar-refractivity contribution is 7.99. The Morgan fingerprint density at radius 2 is 1.81 bits per heavy atom. The molecule has 3 aromatic rings. The van der Waals surface area contributed by atoms with Crippen LogP contribution in [0.25, 0.3) is 0 Å². The van der Waals surface area contributed by atoms with E-state index in [0.717, 1.165) is 17.7 Å². The molecule has 3 rings (SSSR count). The largest absolute Gasteiger partial charge is 0.493 e. The van der Waals surface area contributed by atoms with Gasteiger partial charge in [-0.25, -0.2) is 0 Å². The van der Waals surface area contributed by atoms with E-state index in [-0.39, 0.29) is 17.8 Å². The molecule has 0 saturated heterocycles. The van der Waals surface area contributed by atoms with Crippen LogP contribution in [0, 0.1) is 0 Å². The molecule has 1 N–H and O–H groups in total. The third-order valence-electron chi connectivity index (χ3n) is 4.80. The molecule has 1 unspecified atom stereocenters. The Morgan fingerprint density at radius 3 is 2.52 bits per heavy atom. The minimum Gasteiger partial charge on any atom is -0.493 e. The lowest BCUT2D eigenvalue weighted by Crippen LogP contribution is -2.16. The number of aryl methyl sites for hydroxylation is 1. The molecule has 0 bridgehead atoms. The molecule has 1 atom stereocenters. The number of carbonyl (C=O) groups is 1. The second kappa shape index (κ2) is 10.9. The SMILES string of the molecule is CCc1ccccc1NC(=O)CSc1nnc(C(C)Oc2ccccc2OC)n1CC. The standard InChI is InChI=1S/C23H28N4O3S/c1-5-17-11-7-8-12-18(17)24-21(28)15-31-23-26-25-22(27(23)6-2)16(3)30-20-14-10-9-13-19(20)29-4/h7-14,16H,5-6,15H2,1-4H3,(H,24,28). The number of aromatic nitrogens is 3. The molecule has 164 valence electrons. The molecule has 1 heterocycles. The van der Waals surface area contributed by atoms with Crippen molar-refractivity contribution < 1.29 is 14.3 Å². The van der Waals surface area contributed by atoms with Crippen molar-refractivity contribution in [2.45, 2.75) is 45.0 Å². The average molecular weight is 441 g/mol. The zero-order valence-electron chi connectivity index (χ0n) is 18.3. The van der Waals surface area contributed by atoms with Crippen LogP contribution in [-0.4, -0.2) is 33.5 Å². The van der Waals surface area contributed by atoms with E-state index in [1.165, 1.54) is 11.8 Å². The van der Waals surface area contributed by atoms with E-state index < -0.39 is 0 Å². The summed E-state index contributed by atoms with van der Waals surface area (Å²) in [5.74, 6) is 2.18. The van der Waals surface area contributed by atoms with E-state index in [0.29, 0.717) is 29.0 Å². The zero-order valence-corrected chi connectivity index (χ0v) is 19.1. The molecule has 1 aromatic heterocycles. The van der Waals surface area contributed by atoms with Gasteiger partial charge in [-0.1, -0.05) is 49.0 Å². The predicted octanol–water partition coefficient (Wildman–Crippen LogP) is 4.74. The van der Waals surface area contributed by atoms with Crippen LogP contribution in [0.5, 0.6) is 11.5 Å². The van der Waals surface area contributed by atoms with Gasteiger partial charge in [-0.15, -0.1) is 10.2 Å². The number of nitrogens with one attached hydrogen (secondary N) is 1. The van der Waals surface area contributed by atoms with Gasteiger partial charge in [0, 0.05) is 12.2 Å². The number of ether oxygens (including phenoxy) is 2. The summed E-state index contributed by atoms with van der Waals surface area (Å²) in [5, 5.41) is 12.3. The summed E-state index contributed by atoms with van der Waals surface area (Å²) in [6, 6.07) is 15.3. The molecule has 0 spiro atoms. The first-order chi connectivity index (χ1) is 15.1. The van der Waals surface area contributed by atoms with Crippen molar-refractivity contribution in [3.63, 3.8) is 0 Å². The molecule has 8 heteroatoms. The Bertz CT molecular complexity index is 1020. The van der Waals surface area contributed by atoms with Crippen LogP contribution < -0.4 is 14.8 Å². The normalized spacial score (nSPS) is 11.7. The quantitative estimate of drug-likeness (QED) is 0.459. The third kappa shape index (κ3) is 5.58. The maximum atomic E-state index is 12.5. The van der Waals surface area contributed by atoms with Gasteiger partial charge in [0.15, 0.2) is 28.6 Å². The number of hydrogen-bond acceptors (Lipinski definition) is 6. The fourth-order valence-electron chi connectivity index (χ4n) is 3.23. The highest BCUT2D eigenvalue weighted by atomic mass is 32.2. The molecular formula is C23H28N4O3S. The monoisotopic (exact) mass is 440 g/mol. The van der Waals surface area contributed by atoms with Crippen molar-refractivity contribution in [3.8, 4) is 11.5 Å². The van der Waals surface area contributed by atoms with Crippen LogP contribution in [0.3, 0.4) is 0 Å². The van der Waals surface area contributed by atoms with E-state index in [9.17, 15) is 4.79 Å². The second-order valence-electron chi connectivity index (χ2n) is 6.84. The van der Waals surface area contributed by atoms with Gasteiger partial charge < -0.3 is 19.4 Å². The summed E-state index contributed by atoms with van der Waals surface area (Å²) in [6.07, 6.45) is 0.532. The van der Waals surface area contributed by atoms with Crippen molar-refractivity contribution in [2.24, 2.45) is 0 Å². The minimum absolute atomic E-state index is 0.0728. The molecule has 1 amide bonds. The Labute approximate surface area is 187 Å². The van der Waals surface area contributed by atoms with Crippen molar-refractivity contribution in [3.05, 3.63) is 59.9 Å². The third-order valence-corrected chi connectivity index (χ3v) is 5.77. The van der Waals surface area contributed by atoms with Crippen molar-refractivity contribution in [1.29, 1.82) is 0 Å². The summed E-state index contributed by atoms with van der Waals surface area (Å²) < 4.78 is 13.4. The van der Waals surface area contributed by atoms with Gasteiger partial charge >= 0.3 is 0 Å². The van der Waals surface area contributed by atoms with E-state index in [1.54, 1.807) is 7.11 Å². The number of hydrogen-bond donors (Lipinski definition) is 1. The van der Waals surface area contributed by atoms with Gasteiger partial charge in [-0.05, 0) is 44.0 Å². The maximum Gasteiger partial charge on any atom is 0.234 e. The number of nitrogens with zero attached hydrogens (tertiary/aromatic N) is 3. The summed E-state index contributed by atoms with van der Waals surface area (Å²) in [6.45, 7) is 6.68. The first-order valence-corrected chi connectivity index (χ1v) is 11.3. The lowest BCUT2D eigenvalue weighted by atomic mass is 10.1. The maximum absolute atomic E-state index is 12.5. The predicted molar refractivity (Wildman–Crippen MR) is 123 cm³/mol. The summed E-state index contributed by atoms with van der Waals surface area (Å²) in [4.78, 5) is 12.5. The lowest BCUT2D eigenvalue weighted by Gasteiger charge is -2.17. The minimum atomic E-state index is -0.330. The van der Waals surface area contributed by atoms with E-state index in [2.05, 4.69) is 22.4 Å². The zero-order chi connectivity index (χ0) is 22.2. The second-order valence-corrected chi connectivity index (χ2v) is 7.79. The summed E-state index contributed by atoms with van der Waals surface area (Å²) in [7, 11) is 1.61. The van der Waals surface area contributed by atoms with Crippen molar-refractivity contribution >= 4 is 23.4 Å². The van der Waals surface area contributed by atoms with Crippen LogP contribution in [0.2, 0.25) is 0 Å². The molecule has 7 nitrogen and oxygen atoms in total. The fourth-order valence-corrected chi connectivity index (χ4v) is 4.04. The number of para-hydroxylation sites is 3. The number of amides is 1. The van der Waals surface area contributed by atoms with Crippen LogP contribution >= 0.6 is 11.8 Å². The average Bonchev–Trinajstić information content (AvgIpc) is 3.21. The van der Waals surface area contributed by atoms with E-state index in [1.807, 2.05) is 66.9 Å². The Morgan fingerprint density at radius 1 is 1.10 bits per heavy atom. The smallest absolute Gasteiger partial charge is 0.234 e. The number of carbonyl (C=O) groups excluding carboxylic acids is 1. The topological polar surface area (TPSA) is 78.3 Å². The molecule has 31 heavy (non-hydrogen) atoms. The molecule has 0 saturated carbocycles. The number of methoxy groups -OCH3 is 1. The van der Waals surface area contributed by atoms with Gasteiger partial charge in [-0.2, -0.15) is 0 Å². The van der Waals surface area contributed by atoms with Crippen molar-refractivity contribution in [2.75, 3.05) is 18.2 Å². The molecule has 0 aliphatic rings. The van der Waals surface area contributed by atoms with Crippen LogP contribution in [0.1, 0.15) is 38.3 Å². The molecular weight excluding hydrogens is 412 g/mol. The van der Waals surface area contributed by atoms with Gasteiger partial charge in [-0.3, -0.25) is 4.79 Å². The molecule has 0 aliphatic heterocycles. The molecule has 0 fully saturated rings. The van der Waals surface area contributed by atoms with Gasteiger partial charge in [0.05, 0.1) is 12.9 Å². The number of thioether (sulfide) groups is 1. The number of benzene rings is 2. The number of rotatable bonds is 10. The number of anilines is 1. The van der Waals surface area contributed by atoms with Crippen molar-refractivity contribution in [1.82, 2.24) is 14.8 Å². The first-order valence-electron chi connectivity index (χ1n) is 10.3. The highest BCUT2D eigenvalue weighted by Crippen LogP contribution is 2.31. The molecule has 2 aromatic carbocycles. The first kappa shape index (κ1) is 22.7. The Hall–Kier alpha value is -3.00. The Balaban J connectivity index is 1.66. The summed E-state index contributed by atoms with van der Waals surface area (Å²) >= 11 is 1.36. The van der Waals surface area contributed by atoms with Crippen LogP contribution in [-0.2, 0) is 17.8 Å². The molecule has 0 aliphatic carbocycles. The van der Waals surface area contributed by atoms with Gasteiger partial charge in [0.2, 0.25) is 5.91 Å². The van der Waals surface area contributed by atoms with Gasteiger partial charge in [0.1, 0.15) is 0 Å². The van der Waals surface area contributed by atoms with Gasteiger partial charge in [0.25, 0.3) is 0 Å². The van der Waals surface area contributed by atoms with Crippen LogP contribution in [0.4, 0.5) is 5.69 Å².